The number of hydrogen-bond donors (Lipinski definition) is 1. The summed E-state index contributed by atoms with van der Waals surface area (Å²) in [5, 5.41) is 8.83. The molecule has 1 N–H and O–H groups in total. The van der Waals surface area contributed by atoms with E-state index in [9.17, 15) is 4.79 Å². The summed E-state index contributed by atoms with van der Waals surface area (Å²) in [6.45, 7) is 8.45. The Hall–Kier alpha value is -1.55. The Morgan fingerprint density at radius 2 is 1.85 bits per heavy atom. The van der Waals surface area contributed by atoms with Gasteiger partial charge in [0.15, 0.2) is 0 Å². The first-order valence-electron chi connectivity index (χ1n) is 7.16. The number of carboxylic acids is 1. The Morgan fingerprint density at radius 1 is 1.20 bits per heavy atom. The SMILES string of the molecule is CCCN(CCCOc1cc(C)cc(C)c1)CC(=O)O. The first-order valence-corrected chi connectivity index (χ1v) is 7.16. The fourth-order valence-corrected chi connectivity index (χ4v) is 2.27. The number of rotatable bonds is 9. The quantitative estimate of drug-likeness (QED) is 0.706. The van der Waals surface area contributed by atoms with Crippen LogP contribution < -0.4 is 4.74 Å². The zero-order chi connectivity index (χ0) is 15.0. The fraction of sp³-hybridized carbons (Fsp3) is 0.562. The second-order valence-corrected chi connectivity index (χ2v) is 5.20. The monoisotopic (exact) mass is 279 g/mol. The van der Waals surface area contributed by atoms with Gasteiger partial charge in [0.05, 0.1) is 13.2 Å². The van der Waals surface area contributed by atoms with E-state index in [0.717, 1.165) is 31.7 Å². The molecular weight excluding hydrogens is 254 g/mol. The third-order valence-electron chi connectivity index (χ3n) is 2.98. The van der Waals surface area contributed by atoms with E-state index in [1.54, 1.807) is 0 Å². The molecule has 0 aromatic heterocycles. The van der Waals surface area contributed by atoms with Gasteiger partial charge in [-0.15, -0.1) is 0 Å². The van der Waals surface area contributed by atoms with Crippen LogP contribution in [0.1, 0.15) is 30.9 Å². The molecule has 0 saturated carbocycles. The molecule has 0 saturated heterocycles. The van der Waals surface area contributed by atoms with Gasteiger partial charge in [0.1, 0.15) is 5.75 Å². The van der Waals surface area contributed by atoms with Gasteiger partial charge in [-0.1, -0.05) is 13.0 Å². The van der Waals surface area contributed by atoms with Crippen molar-refractivity contribution in [2.24, 2.45) is 0 Å². The lowest BCUT2D eigenvalue weighted by Crippen LogP contribution is -2.32. The lowest BCUT2D eigenvalue weighted by Gasteiger charge is -2.19. The summed E-state index contributed by atoms with van der Waals surface area (Å²) in [6, 6.07) is 6.16. The van der Waals surface area contributed by atoms with Crippen molar-refractivity contribution in [3.63, 3.8) is 0 Å². The molecule has 0 spiro atoms. The minimum absolute atomic E-state index is 0.109. The number of carbonyl (C=O) groups is 1. The first-order chi connectivity index (χ1) is 9.51. The van der Waals surface area contributed by atoms with Gasteiger partial charge < -0.3 is 9.84 Å². The normalized spacial score (nSPS) is 10.8. The number of nitrogens with zero attached hydrogens (tertiary/aromatic N) is 1. The molecule has 112 valence electrons. The number of ether oxygens (including phenoxy) is 1. The maximum absolute atomic E-state index is 10.7. The van der Waals surface area contributed by atoms with Crippen molar-refractivity contribution in [3.8, 4) is 5.75 Å². The van der Waals surface area contributed by atoms with E-state index in [2.05, 4.69) is 26.8 Å². The zero-order valence-corrected chi connectivity index (χ0v) is 12.7. The van der Waals surface area contributed by atoms with Crippen molar-refractivity contribution in [1.29, 1.82) is 0 Å². The number of hydrogen-bond acceptors (Lipinski definition) is 3. The average molecular weight is 279 g/mol. The average Bonchev–Trinajstić information content (AvgIpc) is 2.33. The highest BCUT2D eigenvalue weighted by Crippen LogP contribution is 2.16. The first kappa shape index (κ1) is 16.5. The van der Waals surface area contributed by atoms with Crippen LogP contribution in [0.5, 0.6) is 5.75 Å². The standard InChI is InChI=1S/C16H25NO3/c1-4-6-17(12-16(18)19)7-5-8-20-15-10-13(2)9-14(3)11-15/h9-11H,4-8,12H2,1-3H3,(H,18,19). The van der Waals surface area contributed by atoms with Crippen LogP contribution in [0.3, 0.4) is 0 Å². The molecule has 20 heavy (non-hydrogen) atoms. The maximum atomic E-state index is 10.7. The van der Waals surface area contributed by atoms with Crippen LogP contribution in [-0.4, -0.2) is 42.2 Å². The van der Waals surface area contributed by atoms with Crippen molar-refractivity contribution < 1.29 is 14.6 Å². The van der Waals surface area contributed by atoms with Crippen LogP contribution >= 0.6 is 0 Å². The van der Waals surface area contributed by atoms with E-state index in [0.29, 0.717) is 6.61 Å². The van der Waals surface area contributed by atoms with Gasteiger partial charge in [-0.25, -0.2) is 0 Å². The highest BCUT2D eigenvalue weighted by atomic mass is 16.5. The van der Waals surface area contributed by atoms with E-state index < -0.39 is 5.97 Å². The van der Waals surface area contributed by atoms with Crippen molar-refractivity contribution >= 4 is 5.97 Å². The van der Waals surface area contributed by atoms with Crippen molar-refractivity contribution in [2.45, 2.75) is 33.6 Å². The molecule has 0 heterocycles. The molecule has 4 nitrogen and oxygen atoms in total. The molecule has 0 atom stereocenters. The highest BCUT2D eigenvalue weighted by Gasteiger charge is 2.08. The summed E-state index contributed by atoms with van der Waals surface area (Å²) in [5.74, 6) is 0.122. The lowest BCUT2D eigenvalue weighted by molar-refractivity contribution is -0.138. The van der Waals surface area contributed by atoms with E-state index >= 15 is 0 Å². The second-order valence-electron chi connectivity index (χ2n) is 5.20. The topological polar surface area (TPSA) is 49.8 Å². The van der Waals surface area contributed by atoms with Gasteiger partial charge in [0.2, 0.25) is 0 Å². The predicted molar refractivity (Wildman–Crippen MR) is 80.4 cm³/mol. The number of benzene rings is 1. The fourth-order valence-electron chi connectivity index (χ4n) is 2.27. The highest BCUT2D eigenvalue weighted by molar-refractivity contribution is 5.69. The van der Waals surface area contributed by atoms with E-state index in [1.807, 2.05) is 17.0 Å². The molecule has 0 aliphatic carbocycles. The van der Waals surface area contributed by atoms with Gasteiger partial charge in [-0.3, -0.25) is 9.69 Å². The van der Waals surface area contributed by atoms with Crippen LogP contribution in [0, 0.1) is 13.8 Å². The largest absolute Gasteiger partial charge is 0.494 e. The Kier molecular flexibility index (Phi) is 7.09. The van der Waals surface area contributed by atoms with E-state index in [4.69, 9.17) is 9.84 Å². The van der Waals surface area contributed by atoms with Crippen molar-refractivity contribution in [3.05, 3.63) is 29.3 Å². The predicted octanol–water partition coefficient (Wildman–Crippen LogP) is 2.87. The Balaban J connectivity index is 2.33. The van der Waals surface area contributed by atoms with Gasteiger partial charge in [-0.05, 0) is 56.5 Å². The number of aryl methyl sites for hydroxylation is 2. The van der Waals surface area contributed by atoms with Gasteiger partial charge in [0, 0.05) is 6.54 Å². The summed E-state index contributed by atoms with van der Waals surface area (Å²) in [5.41, 5.74) is 2.39. The third kappa shape index (κ3) is 6.57. The summed E-state index contributed by atoms with van der Waals surface area (Å²) in [6.07, 6.45) is 1.80. The van der Waals surface area contributed by atoms with Crippen LogP contribution in [0.4, 0.5) is 0 Å². The van der Waals surface area contributed by atoms with Gasteiger partial charge >= 0.3 is 5.97 Å². The van der Waals surface area contributed by atoms with Gasteiger partial charge in [0.25, 0.3) is 0 Å². The Morgan fingerprint density at radius 3 is 2.40 bits per heavy atom. The van der Waals surface area contributed by atoms with Crippen LogP contribution in [0.25, 0.3) is 0 Å². The van der Waals surface area contributed by atoms with Crippen molar-refractivity contribution in [1.82, 2.24) is 4.90 Å². The minimum Gasteiger partial charge on any atom is -0.494 e. The molecule has 0 amide bonds. The summed E-state index contributed by atoms with van der Waals surface area (Å²) in [7, 11) is 0. The smallest absolute Gasteiger partial charge is 0.317 e. The molecule has 4 heteroatoms. The van der Waals surface area contributed by atoms with Crippen molar-refractivity contribution in [2.75, 3.05) is 26.2 Å². The summed E-state index contributed by atoms with van der Waals surface area (Å²) < 4.78 is 5.73. The second kappa shape index (κ2) is 8.59. The maximum Gasteiger partial charge on any atom is 0.317 e. The molecule has 0 unspecified atom stereocenters. The zero-order valence-electron chi connectivity index (χ0n) is 12.7. The molecule has 1 rings (SSSR count). The molecule has 0 bridgehead atoms. The lowest BCUT2D eigenvalue weighted by atomic mass is 10.1. The Bertz CT molecular complexity index is 411. The molecule has 0 aliphatic heterocycles. The van der Waals surface area contributed by atoms with E-state index in [1.165, 1.54) is 11.1 Å². The number of carboxylic acid groups (broad SMARTS) is 1. The molecule has 0 fully saturated rings. The van der Waals surface area contributed by atoms with Crippen LogP contribution in [0.2, 0.25) is 0 Å². The third-order valence-corrected chi connectivity index (χ3v) is 2.98. The van der Waals surface area contributed by atoms with Gasteiger partial charge in [-0.2, -0.15) is 0 Å². The van der Waals surface area contributed by atoms with Crippen LogP contribution in [-0.2, 0) is 4.79 Å². The molecule has 0 radical (unpaired) electrons. The Labute approximate surface area is 121 Å². The molecular formula is C16H25NO3. The molecule has 0 aliphatic rings. The van der Waals surface area contributed by atoms with E-state index in [-0.39, 0.29) is 6.54 Å². The molecule has 1 aromatic carbocycles. The number of aliphatic carboxylic acids is 1. The van der Waals surface area contributed by atoms with Crippen LogP contribution in [0.15, 0.2) is 18.2 Å². The summed E-state index contributed by atoms with van der Waals surface area (Å²) >= 11 is 0. The minimum atomic E-state index is -0.770. The molecule has 1 aromatic rings. The summed E-state index contributed by atoms with van der Waals surface area (Å²) in [4.78, 5) is 12.7.